The van der Waals surface area contributed by atoms with Gasteiger partial charge in [0.05, 0.1) is 0 Å². The van der Waals surface area contributed by atoms with Gasteiger partial charge < -0.3 is 5.32 Å². The van der Waals surface area contributed by atoms with Crippen LogP contribution in [0.2, 0.25) is 0 Å². The van der Waals surface area contributed by atoms with Crippen molar-refractivity contribution in [1.29, 1.82) is 0 Å². The molecule has 15 heavy (non-hydrogen) atoms. The minimum atomic E-state index is 0.242. The number of halogens is 1. The molecule has 0 spiro atoms. The van der Waals surface area contributed by atoms with E-state index in [1.165, 1.54) is 32.1 Å². The predicted molar refractivity (Wildman–Crippen MR) is 67.0 cm³/mol. The van der Waals surface area contributed by atoms with E-state index in [9.17, 15) is 0 Å². The average molecular weight is 269 g/mol. The van der Waals surface area contributed by atoms with E-state index >= 15 is 0 Å². The van der Waals surface area contributed by atoms with Crippen LogP contribution in [0.5, 0.6) is 0 Å². The lowest BCUT2D eigenvalue weighted by molar-refractivity contribution is 0.348. The zero-order chi connectivity index (χ0) is 10.7. The fourth-order valence-corrected chi connectivity index (χ4v) is 2.59. The lowest BCUT2D eigenvalue weighted by atomic mass is 9.83. The van der Waals surface area contributed by atoms with Gasteiger partial charge in [-0.05, 0) is 47.8 Å². The van der Waals surface area contributed by atoms with E-state index in [0.717, 1.165) is 10.4 Å². The van der Waals surface area contributed by atoms with Crippen molar-refractivity contribution in [3.8, 4) is 0 Å². The maximum atomic E-state index is 4.42. The van der Waals surface area contributed by atoms with Gasteiger partial charge in [-0.25, -0.2) is 4.98 Å². The highest BCUT2D eigenvalue weighted by Crippen LogP contribution is 2.30. The van der Waals surface area contributed by atoms with Gasteiger partial charge >= 0.3 is 0 Å². The number of rotatable bonds is 2. The molecule has 0 atom stereocenters. The molecule has 0 aromatic carbocycles. The highest BCUT2D eigenvalue weighted by Gasteiger charge is 2.26. The minimum Gasteiger partial charge on any atom is -0.365 e. The molecule has 0 unspecified atom stereocenters. The molecular formula is C12H17BrN2. The molecule has 2 nitrogen and oxygen atoms in total. The van der Waals surface area contributed by atoms with Gasteiger partial charge in [0, 0.05) is 5.54 Å². The Kier molecular flexibility index (Phi) is 3.29. The van der Waals surface area contributed by atoms with Crippen molar-refractivity contribution < 1.29 is 0 Å². The highest BCUT2D eigenvalue weighted by atomic mass is 79.9. The van der Waals surface area contributed by atoms with Crippen LogP contribution in [0, 0.1) is 0 Å². The van der Waals surface area contributed by atoms with Crippen LogP contribution in [0.3, 0.4) is 0 Å². The molecule has 1 aliphatic rings. The molecule has 1 heterocycles. The van der Waals surface area contributed by atoms with Crippen LogP contribution in [-0.2, 0) is 0 Å². The first kappa shape index (κ1) is 10.9. The topological polar surface area (TPSA) is 24.9 Å². The summed E-state index contributed by atoms with van der Waals surface area (Å²) in [4.78, 5) is 4.42. The maximum Gasteiger partial charge on any atom is 0.127 e. The lowest BCUT2D eigenvalue weighted by Gasteiger charge is -2.35. The SMILES string of the molecule is CC1(Nc2cccc(Br)n2)CCCCC1. The monoisotopic (exact) mass is 268 g/mol. The van der Waals surface area contributed by atoms with Crippen LogP contribution in [0.4, 0.5) is 5.82 Å². The molecule has 3 heteroatoms. The summed E-state index contributed by atoms with van der Waals surface area (Å²) < 4.78 is 0.895. The van der Waals surface area contributed by atoms with E-state index in [0.29, 0.717) is 0 Å². The summed E-state index contributed by atoms with van der Waals surface area (Å²) >= 11 is 3.39. The summed E-state index contributed by atoms with van der Waals surface area (Å²) in [6, 6.07) is 6.00. The Bertz CT molecular complexity index is 332. The molecule has 0 radical (unpaired) electrons. The van der Waals surface area contributed by atoms with E-state index in [1.54, 1.807) is 0 Å². The summed E-state index contributed by atoms with van der Waals surface area (Å²) in [5.74, 6) is 0.980. The molecule has 0 amide bonds. The third-order valence-electron chi connectivity index (χ3n) is 3.10. The predicted octanol–water partition coefficient (Wildman–Crippen LogP) is 3.98. The summed E-state index contributed by atoms with van der Waals surface area (Å²) in [7, 11) is 0. The Morgan fingerprint density at radius 1 is 1.27 bits per heavy atom. The van der Waals surface area contributed by atoms with E-state index in [-0.39, 0.29) is 5.54 Å². The molecule has 2 rings (SSSR count). The van der Waals surface area contributed by atoms with Crippen LogP contribution in [0.25, 0.3) is 0 Å². The zero-order valence-corrected chi connectivity index (χ0v) is 10.7. The van der Waals surface area contributed by atoms with Gasteiger partial charge in [-0.15, -0.1) is 0 Å². The van der Waals surface area contributed by atoms with Crippen LogP contribution in [0.15, 0.2) is 22.8 Å². The van der Waals surface area contributed by atoms with Crippen molar-refractivity contribution in [2.45, 2.75) is 44.6 Å². The third kappa shape index (κ3) is 2.94. The van der Waals surface area contributed by atoms with Gasteiger partial charge in [-0.1, -0.05) is 25.3 Å². The van der Waals surface area contributed by atoms with Gasteiger partial charge in [0.2, 0.25) is 0 Å². The second-order valence-corrected chi connectivity index (χ2v) is 5.40. The molecular weight excluding hydrogens is 252 g/mol. The van der Waals surface area contributed by atoms with Crippen molar-refractivity contribution in [3.63, 3.8) is 0 Å². The Balaban J connectivity index is 2.06. The number of nitrogens with zero attached hydrogens (tertiary/aromatic N) is 1. The Hall–Kier alpha value is -0.570. The fourth-order valence-electron chi connectivity index (χ4n) is 2.24. The smallest absolute Gasteiger partial charge is 0.127 e. The van der Waals surface area contributed by atoms with Crippen molar-refractivity contribution in [1.82, 2.24) is 4.98 Å². The summed E-state index contributed by atoms with van der Waals surface area (Å²) in [6.07, 6.45) is 6.54. The number of pyridine rings is 1. The molecule has 82 valence electrons. The normalized spacial score (nSPS) is 19.9. The number of aromatic nitrogens is 1. The fraction of sp³-hybridized carbons (Fsp3) is 0.583. The standard InChI is InChI=1S/C12H17BrN2/c1-12(8-3-2-4-9-12)15-11-7-5-6-10(13)14-11/h5-7H,2-4,8-9H2,1H3,(H,14,15). The van der Waals surface area contributed by atoms with E-state index in [4.69, 9.17) is 0 Å². The minimum absolute atomic E-state index is 0.242. The van der Waals surface area contributed by atoms with Gasteiger partial charge in [-0.2, -0.15) is 0 Å². The van der Waals surface area contributed by atoms with Crippen LogP contribution < -0.4 is 5.32 Å². The van der Waals surface area contributed by atoms with Gasteiger partial charge in [0.15, 0.2) is 0 Å². The molecule has 1 saturated carbocycles. The molecule has 0 saturated heterocycles. The van der Waals surface area contributed by atoms with Crippen LogP contribution in [-0.4, -0.2) is 10.5 Å². The molecule has 1 aromatic rings. The lowest BCUT2D eigenvalue weighted by Crippen LogP contribution is -2.37. The van der Waals surface area contributed by atoms with E-state index < -0.39 is 0 Å². The zero-order valence-electron chi connectivity index (χ0n) is 9.09. The van der Waals surface area contributed by atoms with E-state index in [2.05, 4.69) is 33.2 Å². The van der Waals surface area contributed by atoms with Gasteiger partial charge in [0.25, 0.3) is 0 Å². The first-order valence-corrected chi connectivity index (χ1v) is 6.38. The van der Waals surface area contributed by atoms with Gasteiger partial charge in [0.1, 0.15) is 10.4 Å². The Labute approximate surface area is 99.6 Å². The largest absolute Gasteiger partial charge is 0.365 e. The van der Waals surface area contributed by atoms with Crippen LogP contribution >= 0.6 is 15.9 Å². The first-order valence-electron chi connectivity index (χ1n) is 5.59. The first-order chi connectivity index (χ1) is 7.18. The number of hydrogen-bond acceptors (Lipinski definition) is 2. The van der Waals surface area contributed by atoms with Crippen molar-refractivity contribution in [2.24, 2.45) is 0 Å². The maximum absolute atomic E-state index is 4.42. The molecule has 1 aliphatic carbocycles. The number of anilines is 1. The molecule has 1 N–H and O–H groups in total. The summed E-state index contributed by atoms with van der Waals surface area (Å²) in [5.41, 5.74) is 0.242. The quantitative estimate of drug-likeness (QED) is 0.821. The van der Waals surface area contributed by atoms with Crippen LogP contribution in [0.1, 0.15) is 39.0 Å². The summed E-state index contributed by atoms with van der Waals surface area (Å²) in [6.45, 7) is 2.30. The molecule has 0 aliphatic heterocycles. The van der Waals surface area contributed by atoms with Crippen molar-refractivity contribution in [3.05, 3.63) is 22.8 Å². The second-order valence-electron chi connectivity index (χ2n) is 4.59. The van der Waals surface area contributed by atoms with Crippen molar-refractivity contribution >= 4 is 21.7 Å². The van der Waals surface area contributed by atoms with Crippen molar-refractivity contribution in [2.75, 3.05) is 5.32 Å². The second kappa shape index (κ2) is 4.52. The Morgan fingerprint density at radius 3 is 2.67 bits per heavy atom. The molecule has 0 bridgehead atoms. The number of hydrogen-bond donors (Lipinski definition) is 1. The third-order valence-corrected chi connectivity index (χ3v) is 3.54. The van der Waals surface area contributed by atoms with E-state index in [1.807, 2.05) is 18.2 Å². The summed E-state index contributed by atoms with van der Waals surface area (Å²) in [5, 5.41) is 3.56. The molecule has 1 fully saturated rings. The average Bonchev–Trinajstić information content (AvgIpc) is 2.18. The number of nitrogens with one attached hydrogen (secondary N) is 1. The molecule has 1 aromatic heterocycles. The Morgan fingerprint density at radius 2 is 2.00 bits per heavy atom. The highest BCUT2D eigenvalue weighted by molar-refractivity contribution is 9.10. The van der Waals surface area contributed by atoms with Gasteiger partial charge in [-0.3, -0.25) is 0 Å².